The number of rotatable bonds is 7. The minimum Gasteiger partial charge on any atom is -0.496 e. The molecule has 1 aromatic rings. The normalized spacial score (nSPS) is 14.9. The fourth-order valence-electron chi connectivity index (χ4n) is 2.81. The Morgan fingerprint density at radius 3 is 2.62 bits per heavy atom. The number of hydrogen-bond acceptors (Lipinski definition) is 4. The van der Waals surface area contributed by atoms with E-state index in [2.05, 4.69) is 15.5 Å². The van der Waals surface area contributed by atoms with Crippen LogP contribution in [0.2, 0.25) is 0 Å². The number of anilines is 1. The van der Waals surface area contributed by atoms with Gasteiger partial charge in [-0.15, -0.1) is 0 Å². The highest BCUT2D eigenvalue weighted by atomic mass is 16.5. The number of nitrogens with one attached hydrogen (secondary N) is 2. The van der Waals surface area contributed by atoms with Crippen LogP contribution in [0, 0.1) is 0 Å². The Balaban J connectivity index is 1.91. The van der Waals surface area contributed by atoms with Gasteiger partial charge in [0.05, 0.1) is 12.7 Å². The van der Waals surface area contributed by atoms with Crippen LogP contribution in [0.1, 0.15) is 43.0 Å². The number of benzene rings is 1. The van der Waals surface area contributed by atoms with E-state index in [9.17, 15) is 9.59 Å². The van der Waals surface area contributed by atoms with Crippen LogP contribution < -0.4 is 15.4 Å². The molecule has 0 bridgehead atoms. The quantitative estimate of drug-likeness (QED) is 0.803. The summed E-state index contributed by atoms with van der Waals surface area (Å²) in [6, 6.07) is 5.07. The summed E-state index contributed by atoms with van der Waals surface area (Å²) in [6.45, 7) is 5.52. The van der Waals surface area contributed by atoms with Crippen molar-refractivity contribution in [3.63, 3.8) is 0 Å². The van der Waals surface area contributed by atoms with Gasteiger partial charge in [0.1, 0.15) is 5.75 Å². The molecule has 6 nitrogen and oxygen atoms in total. The molecule has 0 saturated carbocycles. The highest BCUT2D eigenvalue weighted by Gasteiger charge is 2.14. The van der Waals surface area contributed by atoms with Crippen molar-refractivity contribution >= 4 is 17.5 Å². The van der Waals surface area contributed by atoms with Crippen molar-refractivity contribution in [3.05, 3.63) is 23.8 Å². The van der Waals surface area contributed by atoms with Crippen molar-refractivity contribution < 1.29 is 14.3 Å². The predicted molar refractivity (Wildman–Crippen MR) is 94.5 cm³/mol. The molecule has 24 heavy (non-hydrogen) atoms. The number of piperidine rings is 1. The molecule has 1 heterocycles. The van der Waals surface area contributed by atoms with Gasteiger partial charge in [0.2, 0.25) is 5.91 Å². The van der Waals surface area contributed by atoms with E-state index >= 15 is 0 Å². The van der Waals surface area contributed by atoms with E-state index in [0.717, 1.165) is 19.6 Å². The fourth-order valence-corrected chi connectivity index (χ4v) is 2.81. The number of ether oxygens (including phenoxy) is 1. The largest absolute Gasteiger partial charge is 0.496 e. The SMILES string of the molecule is CCC(=O)Nc1ccc(C(=O)NCCN2CCCCC2)c(OC)c1. The predicted octanol–water partition coefficient (Wildman–Crippen LogP) is 2.26. The molecule has 0 aliphatic carbocycles. The third-order valence-corrected chi connectivity index (χ3v) is 4.21. The summed E-state index contributed by atoms with van der Waals surface area (Å²) in [5, 5.41) is 5.71. The van der Waals surface area contributed by atoms with Crippen molar-refractivity contribution in [2.45, 2.75) is 32.6 Å². The molecular weight excluding hydrogens is 306 g/mol. The first kappa shape index (κ1) is 18.3. The van der Waals surface area contributed by atoms with Crippen LogP contribution in [0.4, 0.5) is 5.69 Å². The Bertz CT molecular complexity index is 569. The Labute approximate surface area is 143 Å². The number of carbonyl (C=O) groups excluding carboxylic acids is 2. The number of nitrogens with zero attached hydrogens (tertiary/aromatic N) is 1. The van der Waals surface area contributed by atoms with Gasteiger partial charge in [-0.3, -0.25) is 9.59 Å². The molecular formula is C18H27N3O3. The summed E-state index contributed by atoms with van der Waals surface area (Å²) in [7, 11) is 1.52. The molecule has 2 rings (SSSR count). The van der Waals surface area contributed by atoms with E-state index in [0.29, 0.717) is 30.0 Å². The van der Waals surface area contributed by atoms with Crippen LogP contribution in [0.5, 0.6) is 5.75 Å². The van der Waals surface area contributed by atoms with Crippen LogP contribution >= 0.6 is 0 Å². The molecule has 1 saturated heterocycles. The molecule has 1 aliphatic heterocycles. The second-order valence-electron chi connectivity index (χ2n) is 5.97. The third-order valence-electron chi connectivity index (χ3n) is 4.21. The molecule has 1 aliphatic rings. The van der Waals surface area contributed by atoms with Gasteiger partial charge in [0.25, 0.3) is 5.91 Å². The van der Waals surface area contributed by atoms with Crippen molar-refractivity contribution in [2.75, 3.05) is 38.6 Å². The second kappa shape index (κ2) is 9.27. The maximum Gasteiger partial charge on any atom is 0.255 e. The van der Waals surface area contributed by atoms with Crippen LogP contribution in [-0.4, -0.2) is 50.0 Å². The number of likely N-dealkylation sites (tertiary alicyclic amines) is 1. The van der Waals surface area contributed by atoms with E-state index < -0.39 is 0 Å². The first-order chi connectivity index (χ1) is 11.6. The van der Waals surface area contributed by atoms with Crippen molar-refractivity contribution in [1.29, 1.82) is 0 Å². The average Bonchev–Trinajstić information content (AvgIpc) is 2.62. The van der Waals surface area contributed by atoms with Crippen LogP contribution in [0.15, 0.2) is 18.2 Å². The molecule has 1 fully saturated rings. The number of hydrogen-bond donors (Lipinski definition) is 2. The zero-order valence-electron chi connectivity index (χ0n) is 14.6. The lowest BCUT2D eigenvalue weighted by atomic mass is 10.1. The molecule has 6 heteroatoms. The Hall–Kier alpha value is -2.08. The standard InChI is InChI=1S/C18H27N3O3/c1-3-17(22)20-14-7-8-15(16(13-14)24-2)18(23)19-9-12-21-10-5-4-6-11-21/h7-8,13H,3-6,9-12H2,1-2H3,(H,19,23)(H,20,22). The zero-order chi connectivity index (χ0) is 17.4. The topological polar surface area (TPSA) is 70.7 Å². The molecule has 0 aromatic heterocycles. The fraction of sp³-hybridized carbons (Fsp3) is 0.556. The minimum absolute atomic E-state index is 0.0733. The minimum atomic E-state index is -0.155. The smallest absolute Gasteiger partial charge is 0.255 e. The van der Waals surface area contributed by atoms with Crippen LogP contribution in [-0.2, 0) is 4.79 Å². The van der Waals surface area contributed by atoms with E-state index in [4.69, 9.17) is 4.74 Å². The van der Waals surface area contributed by atoms with Gasteiger partial charge in [-0.25, -0.2) is 0 Å². The summed E-state index contributed by atoms with van der Waals surface area (Å²) < 4.78 is 5.30. The molecule has 2 N–H and O–H groups in total. The summed E-state index contributed by atoms with van der Waals surface area (Å²) in [6.07, 6.45) is 4.20. The van der Waals surface area contributed by atoms with Gasteiger partial charge >= 0.3 is 0 Å². The number of methoxy groups -OCH3 is 1. The second-order valence-corrected chi connectivity index (χ2v) is 5.97. The highest BCUT2D eigenvalue weighted by molar-refractivity contribution is 5.98. The van der Waals surface area contributed by atoms with Gasteiger partial charge in [-0.2, -0.15) is 0 Å². The van der Waals surface area contributed by atoms with Crippen molar-refractivity contribution in [3.8, 4) is 5.75 Å². The van der Waals surface area contributed by atoms with Crippen molar-refractivity contribution in [1.82, 2.24) is 10.2 Å². The van der Waals surface area contributed by atoms with E-state index in [-0.39, 0.29) is 11.8 Å². The molecule has 132 valence electrons. The van der Waals surface area contributed by atoms with E-state index in [1.54, 1.807) is 25.1 Å². The number of carbonyl (C=O) groups is 2. The molecule has 0 radical (unpaired) electrons. The van der Waals surface area contributed by atoms with Gasteiger partial charge < -0.3 is 20.3 Å². The molecule has 0 atom stereocenters. The first-order valence-corrected chi connectivity index (χ1v) is 8.62. The lowest BCUT2D eigenvalue weighted by molar-refractivity contribution is -0.115. The molecule has 0 spiro atoms. The Morgan fingerprint density at radius 2 is 1.96 bits per heavy atom. The van der Waals surface area contributed by atoms with Gasteiger partial charge in [-0.05, 0) is 38.1 Å². The maximum atomic E-state index is 12.4. The zero-order valence-corrected chi connectivity index (χ0v) is 14.6. The summed E-state index contributed by atoms with van der Waals surface area (Å²) in [4.78, 5) is 26.2. The van der Waals surface area contributed by atoms with Crippen molar-refractivity contribution in [2.24, 2.45) is 0 Å². The summed E-state index contributed by atoms with van der Waals surface area (Å²) in [5.41, 5.74) is 1.11. The average molecular weight is 333 g/mol. The number of amides is 2. The molecule has 0 unspecified atom stereocenters. The first-order valence-electron chi connectivity index (χ1n) is 8.62. The van der Waals surface area contributed by atoms with Crippen LogP contribution in [0.3, 0.4) is 0 Å². The lowest BCUT2D eigenvalue weighted by Crippen LogP contribution is -2.37. The Kier molecular flexibility index (Phi) is 7.06. The Morgan fingerprint density at radius 1 is 1.21 bits per heavy atom. The van der Waals surface area contributed by atoms with Gasteiger partial charge in [-0.1, -0.05) is 13.3 Å². The van der Waals surface area contributed by atoms with Crippen LogP contribution in [0.25, 0.3) is 0 Å². The molecule has 2 amide bonds. The highest BCUT2D eigenvalue weighted by Crippen LogP contribution is 2.23. The van der Waals surface area contributed by atoms with Gasteiger partial charge in [0.15, 0.2) is 0 Å². The maximum absolute atomic E-state index is 12.4. The third kappa shape index (κ3) is 5.23. The molecule has 1 aromatic carbocycles. The summed E-state index contributed by atoms with van der Waals surface area (Å²) >= 11 is 0. The van der Waals surface area contributed by atoms with Gasteiger partial charge in [0, 0.05) is 31.3 Å². The monoisotopic (exact) mass is 333 g/mol. The van der Waals surface area contributed by atoms with E-state index in [1.165, 1.54) is 26.4 Å². The summed E-state index contributed by atoms with van der Waals surface area (Å²) in [5.74, 6) is 0.229. The lowest BCUT2D eigenvalue weighted by Gasteiger charge is -2.26. The van der Waals surface area contributed by atoms with E-state index in [1.807, 2.05) is 0 Å².